The summed E-state index contributed by atoms with van der Waals surface area (Å²) in [5.74, 6) is -0.697. The van der Waals surface area contributed by atoms with E-state index in [1.165, 1.54) is 19.2 Å². The monoisotopic (exact) mass is 584 g/mol. The molecule has 7 nitrogen and oxygen atoms in total. The number of anilines is 1. The van der Waals surface area contributed by atoms with Gasteiger partial charge >= 0.3 is 0 Å². The molecule has 1 fully saturated rings. The Morgan fingerprint density at radius 1 is 1.14 bits per heavy atom. The first kappa shape index (κ1) is 26.4. The SMILES string of the molecule is COc1cc(/C=C2\SC(=O)N(Cc3ccccc3F)C2=O)cc(Br)c1OCC(=O)Nc1cccc(C)c1. The Morgan fingerprint density at radius 2 is 1.92 bits per heavy atom. The second kappa shape index (κ2) is 11.6. The molecule has 1 N–H and O–H groups in total. The highest BCUT2D eigenvalue weighted by Crippen LogP contribution is 2.39. The molecule has 0 unspecified atom stereocenters. The van der Waals surface area contributed by atoms with Crippen molar-refractivity contribution in [3.63, 3.8) is 0 Å². The van der Waals surface area contributed by atoms with Gasteiger partial charge in [-0.25, -0.2) is 4.39 Å². The van der Waals surface area contributed by atoms with Gasteiger partial charge in [-0.2, -0.15) is 0 Å². The van der Waals surface area contributed by atoms with Crippen molar-refractivity contribution in [2.75, 3.05) is 19.0 Å². The molecule has 3 aromatic carbocycles. The first-order valence-corrected chi connectivity index (χ1v) is 12.7. The van der Waals surface area contributed by atoms with Crippen molar-refractivity contribution < 1.29 is 28.2 Å². The van der Waals surface area contributed by atoms with Crippen molar-refractivity contribution in [2.24, 2.45) is 0 Å². The molecule has 1 aliphatic rings. The molecule has 37 heavy (non-hydrogen) atoms. The van der Waals surface area contributed by atoms with Crippen molar-refractivity contribution in [2.45, 2.75) is 13.5 Å². The van der Waals surface area contributed by atoms with Crippen LogP contribution in [0.25, 0.3) is 6.08 Å². The lowest BCUT2D eigenvalue weighted by Gasteiger charge is -2.14. The summed E-state index contributed by atoms with van der Waals surface area (Å²) in [7, 11) is 1.45. The highest BCUT2D eigenvalue weighted by atomic mass is 79.9. The van der Waals surface area contributed by atoms with Crippen LogP contribution >= 0.6 is 27.7 Å². The van der Waals surface area contributed by atoms with Crippen LogP contribution in [0.1, 0.15) is 16.7 Å². The van der Waals surface area contributed by atoms with Gasteiger partial charge in [0.15, 0.2) is 18.1 Å². The van der Waals surface area contributed by atoms with E-state index in [0.29, 0.717) is 27.2 Å². The number of thioether (sulfide) groups is 1. The second-order valence-corrected chi connectivity index (χ2v) is 9.95. The summed E-state index contributed by atoms with van der Waals surface area (Å²) in [4.78, 5) is 38.9. The zero-order chi connectivity index (χ0) is 26.5. The van der Waals surface area contributed by atoms with Gasteiger partial charge in [0.05, 0.1) is 23.0 Å². The molecule has 3 amide bonds. The molecule has 1 heterocycles. The van der Waals surface area contributed by atoms with Gasteiger partial charge in [0.25, 0.3) is 17.1 Å². The fourth-order valence-electron chi connectivity index (χ4n) is 3.61. The number of aryl methyl sites for hydroxylation is 1. The summed E-state index contributed by atoms with van der Waals surface area (Å²) in [6.45, 7) is 1.52. The van der Waals surface area contributed by atoms with Crippen LogP contribution in [0.5, 0.6) is 11.5 Å². The molecular weight excluding hydrogens is 563 g/mol. The Morgan fingerprint density at radius 3 is 2.65 bits per heavy atom. The van der Waals surface area contributed by atoms with Gasteiger partial charge in [-0.15, -0.1) is 0 Å². The number of amides is 3. The van der Waals surface area contributed by atoms with E-state index in [1.54, 1.807) is 36.4 Å². The van der Waals surface area contributed by atoms with E-state index in [2.05, 4.69) is 21.2 Å². The van der Waals surface area contributed by atoms with Gasteiger partial charge < -0.3 is 14.8 Å². The molecule has 0 bridgehead atoms. The van der Waals surface area contributed by atoms with Crippen molar-refractivity contribution in [3.05, 3.63) is 92.5 Å². The minimum absolute atomic E-state index is 0.154. The summed E-state index contributed by atoms with van der Waals surface area (Å²) in [6.07, 6.45) is 1.55. The van der Waals surface area contributed by atoms with Gasteiger partial charge in [-0.1, -0.05) is 30.3 Å². The van der Waals surface area contributed by atoms with Crippen LogP contribution in [0.3, 0.4) is 0 Å². The van der Waals surface area contributed by atoms with E-state index >= 15 is 0 Å². The van der Waals surface area contributed by atoms with Crippen LogP contribution in [0.2, 0.25) is 0 Å². The summed E-state index contributed by atoms with van der Waals surface area (Å²) in [5.41, 5.74) is 2.50. The fourth-order valence-corrected chi connectivity index (χ4v) is 5.02. The summed E-state index contributed by atoms with van der Waals surface area (Å²) >= 11 is 4.21. The van der Waals surface area contributed by atoms with Crippen LogP contribution in [-0.2, 0) is 16.1 Å². The summed E-state index contributed by atoms with van der Waals surface area (Å²) < 4.78 is 25.6. The van der Waals surface area contributed by atoms with Gasteiger partial charge in [0.1, 0.15) is 5.82 Å². The largest absolute Gasteiger partial charge is 0.493 e. The van der Waals surface area contributed by atoms with Crippen molar-refractivity contribution >= 4 is 56.5 Å². The van der Waals surface area contributed by atoms with E-state index in [1.807, 2.05) is 25.1 Å². The third-order valence-electron chi connectivity index (χ3n) is 5.36. The smallest absolute Gasteiger partial charge is 0.293 e. The predicted molar refractivity (Wildman–Crippen MR) is 144 cm³/mol. The number of carbonyl (C=O) groups excluding carboxylic acids is 3. The van der Waals surface area contributed by atoms with Crippen LogP contribution < -0.4 is 14.8 Å². The van der Waals surface area contributed by atoms with Crippen LogP contribution in [0, 0.1) is 12.7 Å². The number of hydrogen-bond acceptors (Lipinski definition) is 6. The van der Waals surface area contributed by atoms with E-state index in [0.717, 1.165) is 22.2 Å². The van der Waals surface area contributed by atoms with Crippen molar-refractivity contribution in [1.29, 1.82) is 0 Å². The Labute approximate surface area is 225 Å². The van der Waals surface area contributed by atoms with E-state index in [9.17, 15) is 18.8 Å². The lowest BCUT2D eigenvalue weighted by Crippen LogP contribution is -2.27. The van der Waals surface area contributed by atoms with E-state index < -0.39 is 17.0 Å². The standard InChI is InChI=1S/C27H22BrFN2O5S/c1-16-6-5-8-19(10-16)30-24(32)15-36-25-20(28)11-17(12-22(25)35-2)13-23-26(33)31(27(34)37-23)14-18-7-3-4-9-21(18)29/h3-13H,14-15H2,1-2H3,(H,30,32)/b23-13-. The normalized spacial score (nSPS) is 14.3. The fraction of sp³-hybridized carbons (Fsp3) is 0.148. The van der Waals surface area contributed by atoms with E-state index in [-0.39, 0.29) is 29.5 Å². The Hall–Kier alpha value is -3.63. The van der Waals surface area contributed by atoms with Crippen LogP contribution in [0.4, 0.5) is 14.9 Å². The Kier molecular flexibility index (Phi) is 8.30. The number of carbonyl (C=O) groups is 3. The second-order valence-electron chi connectivity index (χ2n) is 8.10. The minimum atomic E-state index is -0.513. The molecule has 0 saturated carbocycles. The third-order valence-corrected chi connectivity index (χ3v) is 6.86. The number of nitrogens with one attached hydrogen (secondary N) is 1. The van der Waals surface area contributed by atoms with Crippen molar-refractivity contribution in [3.8, 4) is 11.5 Å². The first-order valence-electron chi connectivity index (χ1n) is 11.1. The summed E-state index contributed by atoms with van der Waals surface area (Å²) in [5, 5.41) is 2.29. The number of rotatable bonds is 8. The molecule has 0 aromatic heterocycles. The minimum Gasteiger partial charge on any atom is -0.493 e. The predicted octanol–water partition coefficient (Wildman–Crippen LogP) is 6.16. The van der Waals surface area contributed by atoms with Gasteiger partial charge in [-0.3, -0.25) is 19.3 Å². The maximum atomic E-state index is 14.0. The number of halogens is 2. The first-order chi connectivity index (χ1) is 17.7. The lowest BCUT2D eigenvalue weighted by molar-refractivity contribution is -0.123. The average Bonchev–Trinajstić information content (AvgIpc) is 3.11. The molecule has 0 aliphatic carbocycles. The molecule has 0 atom stereocenters. The molecule has 4 rings (SSSR count). The van der Waals surface area contributed by atoms with Gasteiger partial charge in [-0.05, 0) is 82.2 Å². The summed E-state index contributed by atoms with van der Waals surface area (Å²) in [6, 6.07) is 16.7. The maximum absolute atomic E-state index is 14.0. The average molecular weight is 585 g/mol. The number of imide groups is 1. The number of benzene rings is 3. The highest BCUT2D eigenvalue weighted by molar-refractivity contribution is 9.10. The maximum Gasteiger partial charge on any atom is 0.293 e. The molecule has 0 spiro atoms. The number of nitrogens with zero attached hydrogens (tertiary/aromatic N) is 1. The zero-order valence-corrected chi connectivity index (χ0v) is 22.3. The molecule has 10 heteroatoms. The lowest BCUT2D eigenvalue weighted by atomic mass is 10.1. The molecule has 1 saturated heterocycles. The number of hydrogen-bond donors (Lipinski definition) is 1. The molecule has 1 aliphatic heterocycles. The number of ether oxygens (including phenoxy) is 2. The molecule has 3 aromatic rings. The topological polar surface area (TPSA) is 84.9 Å². The quantitative estimate of drug-likeness (QED) is 0.319. The third kappa shape index (κ3) is 6.39. The van der Waals surface area contributed by atoms with Gasteiger partial charge in [0.2, 0.25) is 0 Å². The van der Waals surface area contributed by atoms with Crippen LogP contribution in [0.15, 0.2) is 70.0 Å². The Bertz CT molecular complexity index is 1410. The van der Waals surface area contributed by atoms with Crippen LogP contribution in [-0.4, -0.2) is 35.7 Å². The number of methoxy groups -OCH3 is 1. The molecule has 190 valence electrons. The zero-order valence-electron chi connectivity index (χ0n) is 19.9. The molecular formula is C27H22BrFN2O5S. The highest BCUT2D eigenvalue weighted by Gasteiger charge is 2.35. The van der Waals surface area contributed by atoms with E-state index in [4.69, 9.17) is 9.47 Å². The van der Waals surface area contributed by atoms with Gasteiger partial charge in [0, 0.05) is 11.3 Å². The van der Waals surface area contributed by atoms with Crippen molar-refractivity contribution in [1.82, 2.24) is 4.90 Å². The molecule has 0 radical (unpaired) electrons. The Balaban J connectivity index is 1.47.